The summed E-state index contributed by atoms with van der Waals surface area (Å²) in [4.78, 5) is 16.0. The molecule has 1 aromatic heterocycles. The molecule has 8 heteroatoms. The van der Waals surface area contributed by atoms with Gasteiger partial charge in [-0.05, 0) is 41.7 Å². The fraction of sp³-hybridized carbons (Fsp3) is 0.235. The highest BCUT2D eigenvalue weighted by atomic mass is 35.5. The summed E-state index contributed by atoms with van der Waals surface area (Å²) < 4.78 is 26.4. The molecule has 1 saturated carbocycles. The molecule has 1 aliphatic carbocycles. The van der Waals surface area contributed by atoms with Crippen LogP contribution in [0.4, 0.5) is 0 Å². The number of amides is 1. The van der Waals surface area contributed by atoms with Crippen molar-refractivity contribution in [1.82, 2.24) is 9.71 Å². The van der Waals surface area contributed by atoms with Gasteiger partial charge in [0.05, 0.1) is 17.4 Å². The van der Waals surface area contributed by atoms with Gasteiger partial charge in [0.15, 0.2) is 0 Å². The third-order valence-corrected chi connectivity index (χ3v) is 5.42. The number of hydrogen-bond acceptors (Lipinski definition) is 5. The van der Waals surface area contributed by atoms with Crippen molar-refractivity contribution in [2.24, 2.45) is 5.92 Å². The minimum absolute atomic E-state index is 0.0549. The van der Waals surface area contributed by atoms with Gasteiger partial charge in [0.25, 0.3) is 0 Å². The van der Waals surface area contributed by atoms with Crippen LogP contribution in [0.5, 0.6) is 0 Å². The molecule has 2 atom stereocenters. The first-order chi connectivity index (χ1) is 11.9. The zero-order chi connectivity index (χ0) is 18.0. The lowest BCUT2D eigenvalue weighted by molar-refractivity contribution is -0.120. The Morgan fingerprint density at radius 1 is 1.36 bits per heavy atom. The van der Waals surface area contributed by atoms with E-state index in [2.05, 4.69) is 15.8 Å². The van der Waals surface area contributed by atoms with E-state index in [9.17, 15) is 13.2 Å². The van der Waals surface area contributed by atoms with E-state index in [1.54, 1.807) is 24.3 Å². The molecular formula is C17H14ClN3O3S. The molecule has 1 N–H and O–H groups in total. The Labute approximate surface area is 150 Å². The summed E-state index contributed by atoms with van der Waals surface area (Å²) in [5.41, 5.74) is 1.84. The number of rotatable bonds is 5. The molecule has 1 aromatic carbocycles. The monoisotopic (exact) mass is 375 g/mol. The Hall–Kier alpha value is -2.43. The van der Waals surface area contributed by atoms with Gasteiger partial charge in [-0.1, -0.05) is 29.8 Å². The fourth-order valence-corrected chi connectivity index (χ4v) is 3.92. The highest BCUT2D eigenvalue weighted by molar-refractivity contribution is 7.89. The average molecular weight is 376 g/mol. The molecule has 2 aromatic rings. The molecular weight excluding hydrogens is 362 g/mol. The van der Waals surface area contributed by atoms with Gasteiger partial charge in [-0.2, -0.15) is 5.26 Å². The molecule has 128 valence electrons. The topological polar surface area (TPSA) is 99.9 Å². The Morgan fingerprint density at radius 3 is 2.84 bits per heavy atom. The minimum atomic E-state index is -3.81. The van der Waals surface area contributed by atoms with Gasteiger partial charge in [-0.25, -0.2) is 13.4 Å². The molecule has 0 unspecified atom stereocenters. The highest BCUT2D eigenvalue weighted by Gasteiger charge is 2.45. The molecule has 0 aliphatic heterocycles. The molecule has 0 bridgehead atoms. The van der Waals surface area contributed by atoms with Crippen molar-refractivity contribution in [3.63, 3.8) is 0 Å². The average Bonchev–Trinajstić information content (AvgIpc) is 3.37. The molecule has 0 saturated heterocycles. The molecule has 1 heterocycles. The zero-order valence-electron chi connectivity index (χ0n) is 13.0. The summed E-state index contributed by atoms with van der Waals surface area (Å²) in [7, 11) is -3.81. The number of halogens is 1. The number of nitrogens with one attached hydrogen (secondary N) is 1. The quantitative estimate of drug-likeness (QED) is 0.808. The summed E-state index contributed by atoms with van der Waals surface area (Å²) in [6.45, 7) is 0. The maximum Gasteiger partial charge on any atom is 0.239 e. The zero-order valence-corrected chi connectivity index (χ0v) is 14.6. The molecule has 3 rings (SSSR count). The van der Waals surface area contributed by atoms with Crippen LogP contribution in [0.15, 0.2) is 42.6 Å². The second kappa shape index (κ2) is 6.82. The number of carbonyl (C=O) groups is 1. The van der Waals surface area contributed by atoms with Crippen LogP contribution < -0.4 is 4.72 Å². The van der Waals surface area contributed by atoms with Gasteiger partial charge in [-0.15, -0.1) is 0 Å². The smallest absolute Gasteiger partial charge is 0.239 e. The van der Waals surface area contributed by atoms with Crippen LogP contribution in [0.25, 0.3) is 0 Å². The maximum absolute atomic E-state index is 12.2. The number of nitriles is 1. The summed E-state index contributed by atoms with van der Waals surface area (Å²) >= 11 is 5.66. The molecule has 1 amide bonds. The van der Waals surface area contributed by atoms with Crippen molar-refractivity contribution in [3.05, 3.63) is 64.4 Å². The van der Waals surface area contributed by atoms with Gasteiger partial charge in [0, 0.05) is 12.1 Å². The lowest BCUT2D eigenvalue weighted by Gasteiger charge is -2.07. The Kier molecular flexibility index (Phi) is 4.75. The second-order valence-electron chi connectivity index (χ2n) is 5.90. The summed E-state index contributed by atoms with van der Waals surface area (Å²) in [6, 6.07) is 12.1. The third-order valence-electron chi connectivity index (χ3n) is 3.97. The van der Waals surface area contributed by atoms with Gasteiger partial charge in [-0.3, -0.25) is 9.52 Å². The standard InChI is InChI=1S/C17H14ClN3O3S/c18-16-5-4-12(9-20-16)10-25(23,24)21-17(22)15-7-14(15)13-3-1-2-11(6-13)8-19/h1-6,9,14-15H,7,10H2,(H,21,22)/t14-,15-/m1/s1. The van der Waals surface area contributed by atoms with E-state index >= 15 is 0 Å². The SMILES string of the molecule is N#Cc1cccc([C@H]2C[C@H]2C(=O)NS(=O)(=O)Cc2ccc(Cl)nc2)c1. The summed E-state index contributed by atoms with van der Waals surface area (Å²) in [5, 5.41) is 9.20. The van der Waals surface area contributed by atoms with Crippen molar-refractivity contribution in [2.45, 2.75) is 18.1 Å². The van der Waals surface area contributed by atoms with Crippen LogP contribution in [0, 0.1) is 17.2 Å². The molecule has 1 aliphatic rings. The van der Waals surface area contributed by atoms with Crippen LogP contribution in [-0.2, 0) is 20.6 Å². The number of carbonyl (C=O) groups excluding carboxylic acids is 1. The first-order valence-electron chi connectivity index (χ1n) is 7.53. The first kappa shape index (κ1) is 17.4. The Morgan fingerprint density at radius 2 is 2.16 bits per heavy atom. The van der Waals surface area contributed by atoms with Crippen molar-refractivity contribution < 1.29 is 13.2 Å². The predicted molar refractivity (Wildman–Crippen MR) is 92.0 cm³/mol. The van der Waals surface area contributed by atoms with Crippen molar-refractivity contribution in [1.29, 1.82) is 5.26 Å². The van der Waals surface area contributed by atoms with E-state index in [1.807, 2.05) is 6.07 Å². The number of aromatic nitrogens is 1. The Balaban J connectivity index is 1.62. The molecule has 25 heavy (non-hydrogen) atoms. The van der Waals surface area contributed by atoms with E-state index in [0.717, 1.165) is 5.56 Å². The number of sulfonamides is 1. The van der Waals surface area contributed by atoms with E-state index in [0.29, 0.717) is 17.5 Å². The highest BCUT2D eigenvalue weighted by Crippen LogP contribution is 2.47. The fourth-order valence-electron chi connectivity index (χ4n) is 2.67. The lowest BCUT2D eigenvalue weighted by Crippen LogP contribution is -2.33. The lowest BCUT2D eigenvalue weighted by atomic mass is 10.1. The number of nitrogens with zero attached hydrogens (tertiary/aromatic N) is 2. The predicted octanol–water partition coefficient (Wildman–Crippen LogP) is 2.36. The minimum Gasteiger partial charge on any atom is -0.274 e. The van der Waals surface area contributed by atoms with Crippen LogP contribution in [0.2, 0.25) is 5.15 Å². The second-order valence-corrected chi connectivity index (χ2v) is 8.01. The Bertz CT molecular complexity index is 952. The molecule has 0 radical (unpaired) electrons. The molecule has 6 nitrogen and oxygen atoms in total. The van der Waals surface area contributed by atoms with Crippen LogP contribution in [-0.4, -0.2) is 19.3 Å². The largest absolute Gasteiger partial charge is 0.274 e. The summed E-state index contributed by atoms with van der Waals surface area (Å²) in [5.74, 6) is -1.31. The van der Waals surface area contributed by atoms with Gasteiger partial charge >= 0.3 is 0 Å². The first-order valence-corrected chi connectivity index (χ1v) is 9.56. The number of pyridine rings is 1. The van der Waals surface area contributed by atoms with E-state index in [1.165, 1.54) is 12.3 Å². The van der Waals surface area contributed by atoms with Crippen molar-refractivity contribution >= 4 is 27.5 Å². The third kappa shape index (κ3) is 4.35. The maximum atomic E-state index is 12.2. The molecule has 1 fully saturated rings. The van der Waals surface area contributed by atoms with Crippen molar-refractivity contribution in [2.75, 3.05) is 0 Å². The van der Waals surface area contributed by atoms with E-state index in [4.69, 9.17) is 16.9 Å². The van der Waals surface area contributed by atoms with Gasteiger partial charge in [0.2, 0.25) is 15.9 Å². The normalized spacial score (nSPS) is 19.0. The van der Waals surface area contributed by atoms with Gasteiger partial charge < -0.3 is 0 Å². The van der Waals surface area contributed by atoms with Crippen LogP contribution in [0.1, 0.15) is 29.0 Å². The van der Waals surface area contributed by atoms with Crippen molar-refractivity contribution in [3.8, 4) is 6.07 Å². The van der Waals surface area contributed by atoms with E-state index in [-0.39, 0.29) is 16.8 Å². The number of hydrogen-bond donors (Lipinski definition) is 1. The number of benzene rings is 1. The molecule has 0 spiro atoms. The van der Waals surface area contributed by atoms with Crippen LogP contribution in [0.3, 0.4) is 0 Å². The van der Waals surface area contributed by atoms with Crippen LogP contribution >= 0.6 is 11.6 Å². The van der Waals surface area contributed by atoms with E-state index < -0.39 is 21.8 Å². The van der Waals surface area contributed by atoms with Gasteiger partial charge in [0.1, 0.15) is 5.15 Å². The summed E-state index contributed by atoms with van der Waals surface area (Å²) in [6.07, 6.45) is 1.93.